The lowest BCUT2D eigenvalue weighted by atomic mass is 10.0. The predicted molar refractivity (Wildman–Crippen MR) is 119 cm³/mol. The Labute approximate surface area is 206 Å². The van der Waals surface area contributed by atoms with Crippen LogP contribution in [0.1, 0.15) is 33.9 Å². The molecule has 0 spiro atoms. The summed E-state index contributed by atoms with van der Waals surface area (Å²) in [6.07, 6.45) is -5.34. The molecule has 2 aromatic carbocycles. The number of carbonyl (C=O) groups excluding carboxylic acids is 2. The molecule has 0 unspecified atom stereocenters. The van der Waals surface area contributed by atoms with Gasteiger partial charge >= 0.3 is 6.18 Å². The molecule has 4 N–H and O–H groups in total. The van der Waals surface area contributed by atoms with Crippen LogP contribution >= 0.6 is 0 Å². The number of imidazole rings is 1. The van der Waals surface area contributed by atoms with Crippen LogP contribution in [0, 0.1) is 17.5 Å². The number of fused-ring (bicyclic) bond motifs is 1. The van der Waals surface area contributed by atoms with Crippen molar-refractivity contribution in [1.29, 1.82) is 0 Å². The fourth-order valence-corrected chi connectivity index (χ4v) is 4.28. The highest BCUT2D eigenvalue weighted by Crippen LogP contribution is 2.36. The van der Waals surface area contributed by atoms with Crippen LogP contribution < -0.4 is 11.5 Å². The van der Waals surface area contributed by atoms with Crippen LogP contribution in [0.15, 0.2) is 36.4 Å². The topological polar surface area (TPSA) is 107 Å². The van der Waals surface area contributed by atoms with E-state index >= 15 is 0 Å². The standard InChI is InChI=1S/C24H21F6N5O2/c25-16-10-18(27)17(26)8-14(16)7-15(31)9-20(36)34-4-5-35-19(11-34)21(33-23(35)24(28,29)30)12-2-1-3-13(6-12)22(32)37/h1-3,6,8,10,15H,4-5,7,9,11,31H2,(H2,32,37)/t15-/m1/s1. The van der Waals surface area contributed by atoms with Crippen LogP contribution in [-0.4, -0.2) is 38.9 Å². The smallest absolute Gasteiger partial charge is 0.366 e. The van der Waals surface area contributed by atoms with Crippen molar-refractivity contribution in [2.45, 2.75) is 38.1 Å². The first-order valence-electron chi connectivity index (χ1n) is 11.1. The monoisotopic (exact) mass is 525 g/mol. The van der Waals surface area contributed by atoms with Crippen molar-refractivity contribution in [3.05, 3.63) is 76.5 Å². The van der Waals surface area contributed by atoms with Crippen LogP contribution in [-0.2, 0) is 30.5 Å². The molecule has 37 heavy (non-hydrogen) atoms. The van der Waals surface area contributed by atoms with Gasteiger partial charge in [-0.1, -0.05) is 12.1 Å². The Balaban J connectivity index is 1.57. The number of nitrogens with two attached hydrogens (primary N) is 2. The number of alkyl halides is 3. The summed E-state index contributed by atoms with van der Waals surface area (Å²) in [6.45, 7) is -0.506. The number of aromatic nitrogens is 2. The minimum absolute atomic E-state index is 0.0546. The van der Waals surface area contributed by atoms with Crippen molar-refractivity contribution < 1.29 is 35.9 Å². The second kappa shape index (κ2) is 9.88. The Hall–Kier alpha value is -3.87. The lowest BCUT2D eigenvalue weighted by molar-refractivity contribution is -0.148. The molecule has 0 fully saturated rings. The summed E-state index contributed by atoms with van der Waals surface area (Å²) in [6, 6.07) is 5.75. The number of rotatable bonds is 6. The zero-order chi connectivity index (χ0) is 27.1. The largest absolute Gasteiger partial charge is 0.449 e. The number of nitrogens with zero attached hydrogens (tertiary/aromatic N) is 3. The van der Waals surface area contributed by atoms with Gasteiger partial charge in [0.1, 0.15) is 5.82 Å². The van der Waals surface area contributed by atoms with Crippen molar-refractivity contribution in [3.8, 4) is 11.3 Å². The molecule has 1 atom stereocenters. The molecule has 4 rings (SSSR count). The van der Waals surface area contributed by atoms with Crippen LogP contribution in [0.2, 0.25) is 0 Å². The number of primary amides is 1. The fourth-order valence-electron chi connectivity index (χ4n) is 4.28. The van der Waals surface area contributed by atoms with Gasteiger partial charge in [-0.3, -0.25) is 9.59 Å². The molecule has 0 aliphatic carbocycles. The highest BCUT2D eigenvalue weighted by atomic mass is 19.4. The maximum atomic E-state index is 13.9. The molecule has 3 aromatic rings. The second-order valence-corrected chi connectivity index (χ2v) is 8.67. The summed E-state index contributed by atoms with van der Waals surface area (Å²) in [5, 5.41) is 0. The van der Waals surface area contributed by atoms with E-state index in [1.165, 1.54) is 29.2 Å². The number of carbonyl (C=O) groups is 2. The Morgan fingerprint density at radius 3 is 2.41 bits per heavy atom. The summed E-state index contributed by atoms with van der Waals surface area (Å²) >= 11 is 0. The van der Waals surface area contributed by atoms with Crippen LogP contribution in [0.3, 0.4) is 0 Å². The molecule has 7 nitrogen and oxygen atoms in total. The molecule has 1 aliphatic heterocycles. The lowest BCUT2D eigenvalue weighted by Gasteiger charge is -2.30. The minimum atomic E-state index is -4.77. The van der Waals surface area contributed by atoms with Gasteiger partial charge in [-0.25, -0.2) is 18.2 Å². The minimum Gasteiger partial charge on any atom is -0.366 e. The molecular formula is C24H21F6N5O2. The molecule has 0 bridgehead atoms. The Morgan fingerprint density at radius 2 is 1.73 bits per heavy atom. The van der Waals surface area contributed by atoms with Gasteiger partial charge in [0.05, 0.1) is 17.9 Å². The van der Waals surface area contributed by atoms with Gasteiger partial charge in [0.2, 0.25) is 17.6 Å². The third-order valence-electron chi connectivity index (χ3n) is 6.04. The van der Waals surface area contributed by atoms with Gasteiger partial charge in [0.15, 0.2) is 11.6 Å². The third kappa shape index (κ3) is 5.45. The number of amides is 2. The number of hydrogen-bond donors (Lipinski definition) is 2. The van der Waals surface area contributed by atoms with E-state index in [1.807, 2.05) is 0 Å². The van der Waals surface area contributed by atoms with E-state index in [0.717, 1.165) is 4.57 Å². The van der Waals surface area contributed by atoms with Gasteiger partial charge in [-0.2, -0.15) is 13.2 Å². The average Bonchev–Trinajstić information content (AvgIpc) is 3.22. The van der Waals surface area contributed by atoms with Crippen molar-refractivity contribution in [1.82, 2.24) is 14.5 Å². The summed E-state index contributed by atoms with van der Waals surface area (Å²) in [5.41, 5.74) is 11.4. The van der Waals surface area contributed by atoms with Gasteiger partial charge in [0.25, 0.3) is 0 Å². The first-order valence-corrected chi connectivity index (χ1v) is 11.1. The molecule has 0 radical (unpaired) electrons. The number of halogens is 6. The van der Waals surface area contributed by atoms with Crippen LogP contribution in [0.25, 0.3) is 11.3 Å². The van der Waals surface area contributed by atoms with Crippen LogP contribution in [0.4, 0.5) is 26.3 Å². The maximum absolute atomic E-state index is 13.9. The van der Waals surface area contributed by atoms with Gasteiger partial charge in [-0.15, -0.1) is 0 Å². The van der Waals surface area contributed by atoms with E-state index in [-0.39, 0.29) is 60.6 Å². The van der Waals surface area contributed by atoms with E-state index in [1.54, 1.807) is 0 Å². The third-order valence-corrected chi connectivity index (χ3v) is 6.04. The molecule has 1 aromatic heterocycles. The summed E-state index contributed by atoms with van der Waals surface area (Å²) < 4.78 is 82.6. The zero-order valence-electron chi connectivity index (χ0n) is 19.2. The fraction of sp³-hybridized carbons (Fsp3) is 0.292. The van der Waals surface area contributed by atoms with E-state index in [4.69, 9.17) is 11.5 Å². The molecule has 2 amide bonds. The Kier molecular flexibility index (Phi) is 7.00. The maximum Gasteiger partial charge on any atom is 0.449 e. The molecule has 0 saturated carbocycles. The van der Waals surface area contributed by atoms with Crippen molar-refractivity contribution in [2.75, 3.05) is 6.54 Å². The Morgan fingerprint density at radius 1 is 1.03 bits per heavy atom. The zero-order valence-corrected chi connectivity index (χ0v) is 19.2. The van der Waals surface area contributed by atoms with E-state index in [0.29, 0.717) is 12.1 Å². The van der Waals surface area contributed by atoms with E-state index in [9.17, 15) is 35.9 Å². The lowest BCUT2D eigenvalue weighted by Crippen LogP contribution is -2.42. The van der Waals surface area contributed by atoms with Gasteiger partial charge in [0, 0.05) is 42.7 Å². The molecule has 13 heteroatoms. The Bertz CT molecular complexity index is 1370. The molecule has 2 heterocycles. The number of benzene rings is 2. The van der Waals surface area contributed by atoms with Crippen molar-refractivity contribution >= 4 is 11.8 Å². The predicted octanol–water partition coefficient (Wildman–Crippen LogP) is 3.39. The highest BCUT2D eigenvalue weighted by molar-refractivity contribution is 5.94. The summed E-state index contributed by atoms with van der Waals surface area (Å²) in [5.74, 6) is -6.05. The number of hydrogen-bond acceptors (Lipinski definition) is 4. The normalized spacial score (nSPS) is 14.4. The molecule has 196 valence electrons. The van der Waals surface area contributed by atoms with Gasteiger partial charge in [-0.05, 0) is 30.2 Å². The summed E-state index contributed by atoms with van der Waals surface area (Å²) in [7, 11) is 0. The van der Waals surface area contributed by atoms with E-state index < -0.39 is 47.3 Å². The molecule has 0 saturated heterocycles. The molecule has 1 aliphatic rings. The molecular weight excluding hydrogens is 504 g/mol. The second-order valence-electron chi connectivity index (χ2n) is 8.67. The summed E-state index contributed by atoms with van der Waals surface area (Å²) in [4.78, 5) is 29.5. The first kappa shape index (κ1) is 26.2. The SMILES string of the molecule is NC(=O)c1cccc(-c2nc(C(F)(F)F)n3c2CN(C(=O)C[C@H](N)Cc2cc(F)c(F)cc2F)CC3)c1. The first-order chi connectivity index (χ1) is 17.3. The quantitative estimate of drug-likeness (QED) is 0.380. The highest BCUT2D eigenvalue weighted by Gasteiger charge is 2.41. The van der Waals surface area contributed by atoms with Gasteiger partial charge < -0.3 is 20.9 Å². The van der Waals surface area contributed by atoms with Crippen molar-refractivity contribution in [3.63, 3.8) is 0 Å². The van der Waals surface area contributed by atoms with Crippen molar-refractivity contribution in [2.24, 2.45) is 11.5 Å². The van der Waals surface area contributed by atoms with E-state index in [2.05, 4.69) is 4.98 Å². The average molecular weight is 525 g/mol. The van der Waals surface area contributed by atoms with Crippen LogP contribution in [0.5, 0.6) is 0 Å².